The minimum absolute atomic E-state index is 0.201. The number of aliphatic hydroxyl groups excluding tert-OH is 1. The summed E-state index contributed by atoms with van der Waals surface area (Å²) in [5.74, 6) is 0. The van der Waals surface area contributed by atoms with E-state index in [1.54, 1.807) is 27.0 Å². The fraction of sp³-hybridized carbons (Fsp3) is 0.579. The zero-order valence-corrected chi connectivity index (χ0v) is 20.0. The van der Waals surface area contributed by atoms with Crippen LogP contribution >= 0.6 is 22.6 Å². The smallest absolute Gasteiger partial charge is 0.366 e. The molecule has 0 aliphatic heterocycles. The molecule has 1 heterocycles. The van der Waals surface area contributed by atoms with Gasteiger partial charge >= 0.3 is 10.3 Å². The number of aromatic nitrogens is 1. The summed E-state index contributed by atoms with van der Waals surface area (Å²) < 4.78 is 38.5. The Hall–Kier alpha value is -0.720. The van der Waals surface area contributed by atoms with E-state index in [4.69, 9.17) is 8.92 Å². The van der Waals surface area contributed by atoms with Gasteiger partial charge in [0.15, 0.2) is 6.29 Å². The SMILES string of the molecule is CCOC(O)C(C)(C)COS(=O)(=O)n1cc(CCN(C)C)c2ccc(I)cc21. The van der Waals surface area contributed by atoms with Crippen LogP contribution in [-0.2, 0) is 25.6 Å². The molecular formula is C19H29IN2O5S. The lowest BCUT2D eigenvalue weighted by Gasteiger charge is -2.29. The lowest BCUT2D eigenvalue weighted by molar-refractivity contribution is -0.169. The summed E-state index contributed by atoms with van der Waals surface area (Å²) in [5, 5.41) is 11.0. The van der Waals surface area contributed by atoms with Gasteiger partial charge in [0.1, 0.15) is 0 Å². The molecular weight excluding hydrogens is 495 g/mol. The zero-order valence-electron chi connectivity index (χ0n) is 17.0. The van der Waals surface area contributed by atoms with Crippen molar-refractivity contribution < 1.29 is 22.4 Å². The van der Waals surface area contributed by atoms with Crippen LogP contribution in [0.25, 0.3) is 10.9 Å². The summed E-state index contributed by atoms with van der Waals surface area (Å²) in [6, 6.07) is 5.73. The van der Waals surface area contributed by atoms with E-state index in [-0.39, 0.29) is 6.61 Å². The van der Waals surface area contributed by atoms with Crippen LogP contribution in [0.2, 0.25) is 0 Å². The monoisotopic (exact) mass is 524 g/mol. The van der Waals surface area contributed by atoms with Gasteiger partial charge in [-0.15, -0.1) is 0 Å². The minimum Gasteiger partial charge on any atom is -0.367 e. The first-order valence-electron chi connectivity index (χ1n) is 9.11. The van der Waals surface area contributed by atoms with Crippen LogP contribution in [0.15, 0.2) is 24.4 Å². The predicted octanol–water partition coefficient (Wildman–Crippen LogP) is 2.84. The van der Waals surface area contributed by atoms with E-state index in [0.29, 0.717) is 12.1 Å². The van der Waals surface area contributed by atoms with Crippen LogP contribution < -0.4 is 0 Å². The van der Waals surface area contributed by atoms with Gasteiger partial charge in [-0.05, 0) is 67.7 Å². The number of hydrogen-bond donors (Lipinski definition) is 1. The molecule has 1 unspecified atom stereocenters. The van der Waals surface area contributed by atoms with Gasteiger partial charge in [-0.2, -0.15) is 8.42 Å². The molecule has 0 saturated carbocycles. The van der Waals surface area contributed by atoms with Crippen molar-refractivity contribution in [2.24, 2.45) is 5.41 Å². The molecule has 0 fully saturated rings. The van der Waals surface area contributed by atoms with Crippen LogP contribution in [-0.4, -0.2) is 62.5 Å². The van der Waals surface area contributed by atoms with E-state index in [1.165, 1.54) is 3.97 Å². The Morgan fingerprint density at radius 1 is 1.32 bits per heavy atom. The van der Waals surface area contributed by atoms with E-state index < -0.39 is 22.0 Å². The average Bonchev–Trinajstić information content (AvgIpc) is 2.97. The van der Waals surface area contributed by atoms with Gasteiger partial charge in [0.2, 0.25) is 0 Å². The maximum absolute atomic E-state index is 12.9. The maximum Gasteiger partial charge on any atom is 0.366 e. The summed E-state index contributed by atoms with van der Waals surface area (Å²) >= 11 is 2.16. The summed E-state index contributed by atoms with van der Waals surface area (Å²) in [5.41, 5.74) is 0.651. The summed E-state index contributed by atoms with van der Waals surface area (Å²) in [6.45, 7) is 6.09. The van der Waals surface area contributed by atoms with E-state index in [2.05, 4.69) is 27.5 Å². The number of ether oxygens (including phenoxy) is 1. The summed E-state index contributed by atoms with van der Waals surface area (Å²) in [7, 11) is -0.110. The highest BCUT2D eigenvalue weighted by molar-refractivity contribution is 14.1. The fourth-order valence-electron chi connectivity index (χ4n) is 2.71. The first kappa shape index (κ1) is 23.6. The van der Waals surface area contributed by atoms with Gasteiger partial charge < -0.3 is 14.7 Å². The zero-order chi connectivity index (χ0) is 21.1. The van der Waals surface area contributed by atoms with Crippen LogP contribution in [0.4, 0.5) is 0 Å². The van der Waals surface area contributed by atoms with Gasteiger partial charge in [-0.1, -0.05) is 19.9 Å². The van der Waals surface area contributed by atoms with Gasteiger partial charge in [-0.3, -0.25) is 4.18 Å². The summed E-state index contributed by atoms with van der Waals surface area (Å²) in [4.78, 5) is 2.05. The molecule has 9 heteroatoms. The third-order valence-electron chi connectivity index (χ3n) is 4.46. The van der Waals surface area contributed by atoms with E-state index in [0.717, 1.165) is 27.5 Å². The number of likely N-dealkylation sites (N-methyl/N-ethyl adjacent to an activating group) is 1. The molecule has 0 aliphatic rings. The summed E-state index contributed by atoms with van der Waals surface area (Å²) in [6.07, 6.45) is 1.23. The quantitative estimate of drug-likeness (QED) is 0.381. The highest BCUT2D eigenvalue weighted by Crippen LogP contribution is 2.28. The number of benzene rings is 1. The largest absolute Gasteiger partial charge is 0.367 e. The Morgan fingerprint density at radius 2 is 2.00 bits per heavy atom. The molecule has 28 heavy (non-hydrogen) atoms. The molecule has 1 aromatic heterocycles. The normalized spacial score (nSPS) is 14.1. The molecule has 7 nitrogen and oxygen atoms in total. The molecule has 1 aromatic carbocycles. The second-order valence-electron chi connectivity index (χ2n) is 7.68. The predicted molar refractivity (Wildman–Crippen MR) is 119 cm³/mol. The van der Waals surface area contributed by atoms with Gasteiger partial charge in [0.05, 0.1) is 12.1 Å². The second kappa shape index (κ2) is 9.40. The van der Waals surface area contributed by atoms with Crippen molar-refractivity contribution in [2.75, 3.05) is 33.9 Å². The first-order valence-corrected chi connectivity index (χ1v) is 11.6. The third kappa shape index (κ3) is 5.67. The Morgan fingerprint density at radius 3 is 2.61 bits per heavy atom. The Bertz CT molecular complexity index is 908. The van der Waals surface area contributed by atoms with E-state index in [9.17, 15) is 13.5 Å². The van der Waals surface area contributed by atoms with Crippen molar-refractivity contribution in [3.63, 3.8) is 0 Å². The van der Waals surface area contributed by atoms with Crippen LogP contribution in [0.1, 0.15) is 26.3 Å². The molecule has 1 atom stereocenters. The molecule has 0 amide bonds. The van der Waals surface area contributed by atoms with Gasteiger partial charge in [0, 0.05) is 33.7 Å². The third-order valence-corrected chi connectivity index (χ3v) is 6.33. The van der Waals surface area contributed by atoms with E-state index in [1.807, 2.05) is 32.3 Å². The highest BCUT2D eigenvalue weighted by Gasteiger charge is 2.32. The minimum atomic E-state index is -4.07. The number of fused-ring (bicyclic) bond motifs is 1. The number of nitrogens with zero attached hydrogens (tertiary/aromatic N) is 2. The first-order chi connectivity index (χ1) is 13.0. The van der Waals surface area contributed by atoms with Gasteiger partial charge in [-0.25, -0.2) is 3.97 Å². The molecule has 0 bridgehead atoms. The molecule has 2 rings (SSSR count). The van der Waals surface area contributed by atoms with Crippen molar-refractivity contribution in [3.8, 4) is 0 Å². The molecule has 158 valence electrons. The lowest BCUT2D eigenvalue weighted by Crippen LogP contribution is -2.37. The second-order valence-corrected chi connectivity index (χ2v) is 10.4. The molecule has 1 N–H and O–H groups in total. The molecule has 0 saturated heterocycles. The molecule has 0 radical (unpaired) electrons. The molecule has 0 aliphatic carbocycles. The van der Waals surface area contributed by atoms with E-state index >= 15 is 0 Å². The number of hydrogen-bond acceptors (Lipinski definition) is 6. The van der Waals surface area contributed by atoms with Crippen LogP contribution in [0, 0.1) is 8.99 Å². The molecule has 0 spiro atoms. The fourth-order valence-corrected chi connectivity index (χ4v) is 4.39. The van der Waals surface area contributed by atoms with Crippen molar-refractivity contribution in [1.82, 2.24) is 8.87 Å². The Kier molecular flexibility index (Phi) is 7.90. The average molecular weight is 524 g/mol. The Labute approximate surface area is 181 Å². The topological polar surface area (TPSA) is 81.0 Å². The highest BCUT2D eigenvalue weighted by atomic mass is 127. The van der Waals surface area contributed by atoms with Crippen LogP contribution in [0.3, 0.4) is 0 Å². The Balaban J connectivity index is 2.35. The standard InChI is InChI=1S/C19H29IN2O5S/c1-6-26-18(23)19(2,3)13-27-28(24,25)22-12-14(9-10-21(4)5)16-8-7-15(20)11-17(16)22/h7-8,11-12,18,23H,6,9-10,13H2,1-5H3. The lowest BCUT2D eigenvalue weighted by atomic mass is 9.94. The number of rotatable bonds is 10. The van der Waals surface area contributed by atoms with Crippen LogP contribution in [0.5, 0.6) is 0 Å². The van der Waals surface area contributed by atoms with Crippen molar-refractivity contribution >= 4 is 43.8 Å². The van der Waals surface area contributed by atoms with Crippen molar-refractivity contribution in [3.05, 3.63) is 33.5 Å². The number of aliphatic hydroxyl groups is 1. The maximum atomic E-state index is 12.9. The number of halogens is 1. The molecule has 2 aromatic rings. The van der Waals surface area contributed by atoms with Gasteiger partial charge in [0.25, 0.3) is 0 Å². The van der Waals surface area contributed by atoms with Crippen molar-refractivity contribution in [2.45, 2.75) is 33.5 Å². The van der Waals surface area contributed by atoms with Crippen molar-refractivity contribution in [1.29, 1.82) is 0 Å².